The molecule has 178 valence electrons. The van der Waals surface area contributed by atoms with Crippen LogP contribution in [-0.2, 0) is 29.0 Å². The lowest BCUT2D eigenvalue weighted by Gasteiger charge is -2.27. The van der Waals surface area contributed by atoms with Gasteiger partial charge in [-0.3, -0.25) is 4.79 Å². The average Bonchev–Trinajstić information content (AvgIpc) is 3.52. The fourth-order valence-corrected chi connectivity index (χ4v) is 5.75. The molecule has 1 aromatic rings. The van der Waals surface area contributed by atoms with E-state index in [4.69, 9.17) is 14.2 Å². The maximum absolute atomic E-state index is 13.1. The fourth-order valence-electron chi connectivity index (χ4n) is 4.31. The lowest BCUT2D eigenvalue weighted by atomic mass is 10.2. The van der Waals surface area contributed by atoms with Crippen molar-refractivity contribution < 1.29 is 27.4 Å². The number of morpholine rings is 1. The molecule has 3 aliphatic rings. The number of carbonyl (C=O) groups is 1. The number of sulfonamides is 1. The number of anilines is 2. The van der Waals surface area contributed by atoms with E-state index in [1.165, 1.54) is 4.31 Å². The molecule has 4 rings (SSSR count). The lowest BCUT2D eigenvalue weighted by molar-refractivity contribution is -0.117. The number of amides is 1. The van der Waals surface area contributed by atoms with Gasteiger partial charge in [0.05, 0.1) is 55.2 Å². The van der Waals surface area contributed by atoms with Gasteiger partial charge in [0.1, 0.15) is 0 Å². The van der Waals surface area contributed by atoms with Crippen LogP contribution in [0.1, 0.15) is 32.1 Å². The highest BCUT2D eigenvalue weighted by Gasteiger charge is 2.28. The molecule has 10 heteroatoms. The molecule has 1 unspecified atom stereocenters. The first-order chi connectivity index (χ1) is 15.5. The molecule has 3 heterocycles. The van der Waals surface area contributed by atoms with E-state index in [9.17, 15) is 13.2 Å². The molecule has 1 aromatic carbocycles. The maximum Gasteiger partial charge on any atom is 0.243 e. The Morgan fingerprint density at radius 3 is 2.59 bits per heavy atom. The third-order valence-electron chi connectivity index (χ3n) is 6.10. The van der Waals surface area contributed by atoms with Crippen molar-refractivity contribution >= 4 is 27.3 Å². The molecule has 0 bridgehead atoms. The van der Waals surface area contributed by atoms with Crippen molar-refractivity contribution in [2.45, 2.75) is 43.1 Å². The van der Waals surface area contributed by atoms with E-state index in [0.717, 1.165) is 51.1 Å². The van der Waals surface area contributed by atoms with Gasteiger partial charge in [0, 0.05) is 32.8 Å². The van der Waals surface area contributed by atoms with Crippen LogP contribution in [0.2, 0.25) is 0 Å². The second kappa shape index (κ2) is 10.9. The second-order valence-electron chi connectivity index (χ2n) is 8.40. The molecule has 1 atom stereocenters. The summed E-state index contributed by atoms with van der Waals surface area (Å²) in [4.78, 5) is 15.0. The van der Waals surface area contributed by atoms with Crippen LogP contribution in [0, 0.1) is 0 Å². The molecule has 1 N–H and O–H groups in total. The summed E-state index contributed by atoms with van der Waals surface area (Å²) in [6, 6.07) is 5.03. The van der Waals surface area contributed by atoms with Crippen LogP contribution < -0.4 is 10.2 Å². The Balaban J connectivity index is 1.44. The van der Waals surface area contributed by atoms with Crippen molar-refractivity contribution in [3.8, 4) is 0 Å². The minimum absolute atomic E-state index is 0.127. The lowest BCUT2D eigenvalue weighted by Crippen LogP contribution is -2.40. The van der Waals surface area contributed by atoms with Crippen LogP contribution >= 0.6 is 0 Å². The molecule has 32 heavy (non-hydrogen) atoms. The van der Waals surface area contributed by atoms with Gasteiger partial charge in [0.25, 0.3) is 0 Å². The van der Waals surface area contributed by atoms with Gasteiger partial charge >= 0.3 is 0 Å². The standard InChI is InChI=1S/C22H33N3O6S/c26-22(7-13-30-17-18-4-3-12-31-18)23-20-16-19(5-6-21(20)24-8-1-2-9-24)32(27,28)25-10-14-29-15-11-25/h5-6,16,18H,1-4,7-15,17H2,(H,23,26). The normalized spacial score (nSPS) is 22.4. The third kappa shape index (κ3) is 5.79. The first-order valence-corrected chi connectivity index (χ1v) is 12.9. The van der Waals surface area contributed by atoms with Crippen LogP contribution in [-0.4, -0.2) is 83.9 Å². The number of hydrogen-bond donors (Lipinski definition) is 1. The Hall–Kier alpha value is -1.72. The van der Waals surface area contributed by atoms with Crippen molar-refractivity contribution in [2.75, 3.05) is 69.4 Å². The quantitative estimate of drug-likeness (QED) is 0.554. The molecule has 0 spiro atoms. The molecule has 3 fully saturated rings. The molecule has 9 nitrogen and oxygen atoms in total. The summed E-state index contributed by atoms with van der Waals surface area (Å²) < 4.78 is 44.1. The second-order valence-corrected chi connectivity index (χ2v) is 10.3. The molecule has 3 aliphatic heterocycles. The highest BCUT2D eigenvalue weighted by atomic mass is 32.2. The summed E-state index contributed by atoms with van der Waals surface area (Å²) in [5, 5.41) is 2.93. The molecule has 1 amide bonds. The van der Waals surface area contributed by atoms with Gasteiger partial charge in [0.15, 0.2) is 0 Å². The predicted octanol–water partition coefficient (Wildman–Crippen LogP) is 1.83. The van der Waals surface area contributed by atoms with Crippen LogP contribution in [0.5, 0.6) is 0 Å². The Morgan fingerprint density at radius 1 is 1.09 bits per heavy atom. The summed E-state index contributed by atoms with van der Waals surface area (Å²) in [6.07, 6.45) is 4.54. The summed E-state index contributed by atoms with van der Waals surface area (Å²) in [6.45, 7) is 4.81. The molecule has 0 aromatic heterocycles. The van der Waals surface area contributed by atoms with Gasteiger partial charge in [-0.1, -0.05) is 0 Å². The minimum Gasteiger partial charge on any atom is -0.379 e. The van der Waals surface area contributed by atoms with Crippen LogP contribution in [0.3, 0.4) is 0 Å². The van der Waals surface area contributed by atoms with E-state index in [0.29, 0.717) is 45.2 Å². The highest BCUT2D eigenvalue weighted by Crippen LogP contribution is 2.32. The van der Waals surface area contributed by atoms with Crippen molar-refractivity contribution in [1.82, 2.24) is 4.31 Å². The molecule has 0 radical (unpaired) electrons. The van der Waals surface area contributed by atoms with Crippen LogP contribution in [0.25, 0.3) is 0 Å². The van der Waals surface area contributed by atoms with Crippen LogP contribution in [0.15, 0.2) is 23.1 Å². The zero-order chi connectivity index (χ0) is 22.4. The molecule has 0 aliphatic carbocycles. The zero-order valence-corrected chi connectivity index (χ0v) is 19.3. The number of nitrogens with one attached hydrogen (secondary N) is 1. The monoisotopic (exact) mass is 467 g/mol. The molecular formula is C22H33N3O6S. The number of rotatable bonds is 9. The summed E-state index contributed by atoms with van der Waals surface area (Å²) in [7, 11) is -3.65. The zero-order valence-electron chi connectivity index (χ0n) is 18.5. The third-order valence-corrected chi connectivity index (χ3v) is 7.99. The number of benzene rings is 1. The number of carbonyl (C=O) groups excluding carboxylic acids is 1. The van der Waals surface area contributed by atoms with Crippen molar-refractivity contribution in [3.63, 3.8) is 0 Å². The summed E-state index contributed by atoms with van der Waals surface area (Å²) in [5.74, 6) is -0.196. The Bertz CT molecular complexity index is 876. The fraction of sp³-hybridized carbons (Fsp3) is 0.682. The van der Waals surface area contributed by atoms with Crippen molar-refractivity contribution in [2.24, 2.45) is 0 Å². The van der Waals surface area contributed by atoms with Gasteiger partial charge in [-0.25, -0.2) is 8.42 Å². The highest BCUT2D eigenvalue weighted by molar-refractivity contribution is 7.89. The number of nitrogens with zero attached hydrogens (tertiary/aromatic N) is 2. The SMILES string of the molecule is O=C(CCOCC1CCCO1)Nc1cc(S(=O)(=O)N2CCOCC2)ccc1N1CCCC1. The van der Waals surface area contributed by atoms with Gasteiger partial charge in [0.2, 0.25) is 15.9 Å². The van der Waals surface area contributed by atoms with Gasteiger partial charge in [-0.05, 0) is 43.9 Å². The molecule has 0 saturated carbocycles. The van der Waals surface area contributed by atoms with Gasteiger partial charge in [-0.15, -0.1) is 0 Å². The van der Waals surface area contributed by atoms with Crippen molar-refractivity contribution in [1.29, 1.82) is 0 Å². The topological polar surface area (TPSA) is 97.4 Å². The number of hydrogen-bond acceptors (Lipinski definition) is 7. The van der Waals surface area contributed by atoms with Crippen molar-refractivity contribution in [3.05, 3.63) is 18.2 Å². The molecule has 3 saturated heterocycles. The predicted molar refractivity (Wildman–Crippen MR) is 121 cm³/mol. The Morgan fingerprint density at radius 2 is 1.88 bits per heavy atom. The van der Waals surface area contributed by atoms with E-state index < -0.39 is 10.0 Å². The summed E-state index contributed by atoms with van der Waals surface area (Å²) >= 11 is 0. The van der Waals surface area contributed by atoms with E-state index >= 15 is 0 Å². The number of ether oxygens (including phenoxy) is 3. The first-order valence-electron chi connectivity index (χ1n) is 11.5. The average molecular weight is 468 g/mol. The first kappa shape index (κ1) is 23.4. The van der Waals surface area contributed by atoms with E-state index in [-0.39, 0.29) is 23.3 Å². The van der Waals surface area contributed by atoms with E-state index in [1.807, 2.05) is 6.07 Å². The van der Waals surface area contributed by atoms with Crippen LogP contribution in [0.4, 0.5) is 11.4 Å². The van der Waals surface area contributed by atoms with Gasteiger partial charge < -0.3 is 24.4 Å². The summed E-state index contributed by atoms with van der Waals surface area (Å²) in [5.41, 5.74) is 1.39. The van der Waals surface area contributed by atoms with E-state index in [2.05, 4.69) is 10.2 Å². The van der Waals surface area contributed by atoms with E-state index in [1.54, 1.807) is 12.1 Å². The largest absolute Gasteiger partial charge is 0.379 e. The molecular weight excluding hydrogens is 434 g/mol. The Kier molecular flexibility index (Phi) is 8.01. The minimum atomic E-state index is -3.65. The van der Waals surface area contributed by atoms with Gasteiger partial charge in [-0.2, -0.15) is 4.31 Å². The smallest absolute Gasteiger partial charge is 0.243 e. The maximum atomic E-state index is 13.1. The Labute approximate surface area is 190 Å².